The second kappa shape index (κ2) is 9.09. The maximum Gasteiger partial charge on any atom is 0.119 e. The van der Waals surface area contributed by atoms with Crippen LogP contribution in [-0.4, -0.2) is 38.6 Å². The lowest BCUT2D eigenvalue weighted by Gasteiger charge is -2.35. The zero-order valence-electron chi connectivity index (χ0n) is 20.4. The van der Waals surface area contributed by atoms with Gasteiger partial charge in [0.05, 0.1) is 13.2 Å². The Hall–Kier alpha value is -2.82. The summed E-state index contributed by atoms with van der Waals surface area (Å²) in [6.07, 6.45) is 7.81. The second-order valence-corrected chi connectivity index (χ2v) is 10.1. The van der Waals surface area contributed by atoms with Crippen molar-refractivity contribution in [1.29, 1.82) is 0 Å². The van der Waals surface area contributed by atoms with Crippen molar-refractivity contribution in [3.05, 3.63) is 101 Å². The zero-order valence-corrected chi connectivity index (χ0v) is 20.4. The minimum Gasteiger partial charge on any atom is -0.491 e. The van der Waals surface area contributed by atoms with Gasteiger partial charge in [0, 0.05) is 5.41 Å². The third-order valence-electron chi connectivity index (χ3n) is 7.12. The van der Waals surface area contributed by atoms with E-state index in [0.717, 1.165) is 25.4 Å². The molecule has 0 radical (unpaired) electrons. The fraction of sp³-hybridized carbons (Fsp3) is 0.400. The number of benzene rings is 2. The maximum absolute atomic E-state index is 5.92. The van der Waals surface area contributed by atoms with E-state index in [1.165, 1.54) is 22.3 Å². The molecule has 178 valence electrons. The van der Waals surface area contributed by atoms with Gasteiger partial charge in [0.1, 0.15) is 36.9 Å². The normalized spacial score (nSPS) is 26.9. The molecule has 2 saturated heterocycles. The van der Waals surface area contributed by atoms with Gasteiger partial charge in [-0.3, -0.25) is 0 Å². The van der Waals surface area contributed by atoms with E-state index in [9.17, 15) is 0 Å². The number of rotatable bonds is 10. The Bertz CT molecular complexity index is 1100. The fourth-order valence-electron chi connectivity index (χ4n) is 5.25. The summed E-state index contributed by atoms with van der Waals surface area (Å²) in [5, 5.41) is 0. The molecule has 0 aromatic heterocycles. The molecule has 3 aliphatic rings. The molecule has 0 saturated carbocycles. The summed E-state index contributed by atoms with van der Waals surface area (Å²) in [5.41, 5.74) is 5.01. The molecule has 4 nitrogen and oxygen atoms in total. The van der Waals surface area contributed by atoms with E-state index >= 15 is 0 Å². The van der Waals surface area contributed by atoms with Crippen LogP contribution in [0.1, 0.15) is 43.9 Å². The van der Waals surface area contributed by atoms with Crippen molar-refractivity contribution in [2.75, 3.05) is 26.4 Å². The van der Waals surface area contributed by atoms with Gasteiger partial charge in [0.2, 0.25) is 0 Å². The van der Waals surface area contributed by atoms with Crippen LogP contribution < -0.4 is 4.74 Å². The molecule has 0 spiro atoms. The molecule has 2 heterocycles. The molecular weight excluding hydrogens is 424 g/mol. The largest absolute Gasteiger partial charge is 0.491 e. The number of hydrogen-bond donors (Lipinski definition) is 0. The lowest BCUT2D eigenvalue weighted by molar-refractivity contribution is 0.194. The molecule has 2 aromatic carbocycles. The highest BCUT2D eigenvalue weighted by Crippen LogP contribution is 2.56. The SMILES string of the molecule is C=C(/C=C\C(=C/C)C1(c2ccc(OCC3CO3)cc2)CC(C)(C)c2ccccc21)OCC1CO1. The maximum atomic E-state index is 5.92. The molecule has 2 aliphatic heterocycles. The first-order chi connectivity index (χ1) is 16.4. The van der Waals surface area contributed by atoms with Gasteiger partial charge in [-0.1, -0.05) is 69.0 Å². The van der Waals surface area contributed by atoms with Gasteiger partial charge < -0.3 is 18.9 Å². The Kier molecular flexibility index (Phi) is 6.13. The van der Waals surface area contributed by atoms with Crippen molar-refractivity contribution in [1.82, 2.24) is 0 Å². The van der Waals surface area contributed by atoms with Crippen molar-refractivity contribution in [3.8, 4) is 5.75 Å². The van der Waals surface area contributed by atoms with Gasteiger partial charge in [0.25, 0.3) is 0 Å². The molecule has 34 heavy (non-hydrogen) atoms. The molecule has 4 heteroatoms. The zero-order chi connectivity index (χ0) is 23.8. The first-order valence-corrected chi connectivity index (χ1v) is 12.2. The van der Waals surface area contributed by atoms with Crippen LogP contribution >= 0.6 is 0 Å². The van der Waals surface area contributed by atoms with E-state index in [2.05, 4.69) is 88.0 Å². The van der Waals surface area contributed by atoms with Gasteiger partial charge in [0.15, 0.2) is 0 Å². The third kappa shape index (κ3) is 4.57. The Morgan fingerprint density at radius 2 is 1.62 bits per heavy atom. The molecule has 1 aliphatic carbocycles. The molecule has 2 fully saturated rings. The van der Waals surface area contributed by atoms with Crippen LogP contribution in [0, 0.1) is 0 Å². The van der Waals surface area contributed by atoms with Crippen LogP contribution in [0.4, 0.5) is 0 Å². The van der Waals surface area contributed by atoms with Gasteiger partial charge >= 0.3 is 0 Å². The summed E-state index contributed by atoms with van der Waals surface area (Å²) in [7, 11) is 0. The predicted octanol–water partition coefficient (Wildman–Crippen LogP) is 5.86. The predicted molar refractivity (Wildman–Crippen MR) is 134 cm³/mol. The standard InChI is InChI=1S/C30H34O4/c1-5-22(11-10-21(2)31-16-25-18-33-25)30(20-29(3,4)27-8-6-7-9-28(27)30)23-12-14-24(15-13-23)32-17-26-19-34-26/h5-15,25-26H,2,16-20H2,1,3-4H3/b11-10-,22-5+. The van der Waals surface area contributed by atoms with E-state index in [4.69, 9.17) is 18.9 Å². The number of epoxide rings is 2. The Morgan fingerprint density at radius 3 is 2.26 bits per heavy atom. The van der Waals surface area contributed by atoms with Crippen LogP contribution in [0.15, 0.2) is 84.7 Å². The highest BCUT2D eigenvalue weighted by Gasteiger charge is 2.50. The van der Waals surface area contributed by atoms with E-state index in [1.807, 2.05) is 6.08 Å². The van der Waals surface area contributed by atoms with Crippen LogP contribution in [0.3, 0.4) is 0 Å². The van der Waals surface area contributed by atoms with Gasteiger partial charge in [-0.05, 0) is 59.2 Å². The van der Waals surface area contributed by atoms with Crippen molar-refractivity contribution in [2.45, 2.75) is 50.2 Å². The van der Waals surface area contributed by atoms with E-state index in [1.54, 1.807) is 0 Å². The van der Waals surface area contributed by atoms with Gasteiger partial charge in [-0.25, -0.2) is 0 Å². The molecule has 0 N–H and O–H groups in total. The third-order valence-corrected chi connectivity index (χ3v) is 7.12. The molecular formula is C30H34O4. The number of hydrogen-bond acceptors (Lipinski definition) is 4. The highest BCUT2D eigenvalue weighted by atomic mass is 16.6. The van der Waals surface area contributed by atoms with Crippen LogP contribution in [-0.2, 0) is 25.0 Å². The van der Waals surface area contributed by atoms with Gasteiger partial charge in [-0.15, -0.1) is 0 Å². The van der Waals surface area contributed by atoms with Gasteiger partial charge in [-0.2, -0.15) is 0 Å². The summed E-state index contributed by atoms with van der Waals surface area (Å²) in [6.45, 7) is 13.6. The lowest BCUT2D eigenvalue weighted by atomic mass is 9.68. The molecule has 0 bridgehead atoms. The summed E-state index contributed by atoms with van der Waals surface area (Å²) in [4.78, 5) is 0. The highest BCUT2D eigenvalue weighted by molar-refractivity contribution is 5.61. The van der Waals surface area contributed by atoms with Crippen molar-refractivity contribution < 1.29 is 18.9 Å². The molecule has 0 amide bonds. The van der Waals surface area contributed by atoms with E-state index in [0.29, 0.717) is 19.0 Å². The second-order valence-electron chi connectivity index (χ2n) is 10.1. The molecule has 3 unspecified atom stereocenters. The summed E-state index contributed by atoms with van der Waals surface area (Å²) < 4.78 is 22.2. The first-order valence-electron chi connectivity index (χ1n) is 12.2. The van der Waals surface area contributed by atoms with Crippen molar-refractivity contribution in [2.24, 2.45) is 0 Å². The average molecular weight is 459 g/mol. The molecule has 5 rings (SSSR count). The van der Waals surface area contributed by atoms with Crippen LogP contribution in [0.25, 0.3) is 0 Å². The average Bonchev–Trinajstić information content (AvgIpc) is 3.76. The number of allylic oxidation sites excluding steroid dienone is 4. The van der Waals surface area contributed by atoms with E-state index < -0.39 is 0 Å². The van der Waals surface area contributed by atoms with Crippen molar-refractivity contribution in [3.63, 3.8) is 0 Å². The molecule has 2 aromatic rings. The summed E-state index contributed by atoms with van der Waals surface area (Å²) in [5.74, 6) is 1.53. The minimum absolute atomic E-state index is 0.0357. The minimum atomic E-state index is -0.274. The van der Waals surface area contributed by atoms with E-state index in [-0.39, 0.29) is 23.0 Å². The first kappa shape index (κ1) is 22.9. The summed E-state index contributed by atoms with van der Waals surface area (Å²) in [6, 6.07) is 17.5. The van der Waals surface area contributed by atoms with Crippen LogP contribution in [0.2, 0.25) is 0 Å². The number of ether oxygens (including phenoxy) is 4. The topological polar surface area (TPSA) is 43.5 Å². The Labute approximate surface area is 202 Å². The molecule has 3 atom stereocenters. The summed E-state index contributed by atoms with van der Waals surface area (Å²) >= 11 is 0. The smallest absolute Gasteiger partial charge is 0.119 e. The lowest BCUT2D eigenvalue weighted by Crippen LogP contribution is -2.29. The Morgan fingerprint density at radius 1 is 0.971 bits per heavy atom. The fourth-order valence-corrected chi connectivity index (χ4v) is 5.25. The monoisotopic (exact) mass is 458 g/mol. The quantitative estimate of drug-likeness (QED) is 0.254. The van der Waals surface area contributed by atoms with Crippen molar-refractivity contribution >= 4 is 0 Å². The van der Waals surface area contributed by atoms with Crippen LogP contribution in [0.5, 0.6) is 5.75 Å². The number of fused-ring (bicyclic) bond motifs is 1. The Balaban J connectivity index is 1.50.